The molecule has 1 N–H and O–H groups in total. The first kappa shape index (κ1) is 15.2. The molecule has 1 saturated heterocycles. The standard InChI is InChI=1S/C16H20O6/c17-7-10-2-1-8(5-12(10)14(18)19)9-3-4-11-13(6-9)16(21)22-15(11)20/h7-13H,1-6H2,(H,18,19). The number of esters is 2. The predicted molar refractivity (Wildman–Crippen MR) is 73.4 cm³/mol. The van der Waals surface area contributed by atoms with E-state index in [1.165, 1.54) is 0 Å². The summed E-state index contributed by atoms with van der Waals surface area (Å²) >= 11 is 0. The first-order chi connectivity index (χ1) is 10.5. The summed E-state index contributed by atoms with van der Waals surface area (Å²) < 4.78 is 4.72. The number of aliphatic carboxylic acids is 1. The Morgan fingerprint density at radius 1 is 1.00 bits per heavy atom. The lowest BCUT2D eigenvalue weighted by Crippen LogP contribution is -2.37. The van der Waals surface area contributed by atoms with Crippen molar-refractivity contribution < 1.29 is 29.0 Å². The molecule has 6 heteroatoms. The summed E-state index contributed by atoms with van der Waals surface area (Å²) in [5.74, 6) is -2.95. The summed E-state index contributed by atoms with van der Waals surface area (Å²) in [4.78, 5) is 45.7. The Morgan fingerprint density at radius 2 is 1.64 bits per heavy atom. The number of hydrogen-bond donors (Lipinski definition) is 1. The van der Waals surface area contributed by atoms with Crippen molar-refractivity contribution in [3.63, 3.8) is 0 Å². The van der Waals surface area contributed by atoms with Crippen molar-refractivity contribution in [2.45, 2.75) is 38.5 Å². The lowest BCUT2D eigenvalue weighted by molar-refractivity contribution is -0.154. The number of fused-ring (bicyclic) bond motifs is 1. The Kier molecular flexibility index (Phi) is 4.02. The number of ether oxygens (including phenoxy) is 1. The molecule has 1 aliphatic heterocycles. The molecule has 3 fully saturated rings. The van der Waals surface area contributed by atoms with E-state index >= 15 is 0 Å². The molecule has 0 spiro atoms. The summed E-state index contributed by atoms with van der Waals surface area (Å²) in [5, 5.41) is 9.31. The number of carbonyl (C=O) groups excluding carboxylic acids is 3. The largest absolute Gasteiger partial charge is 0.481 e. The number of carboxylic acids is 1. The van der Waals surface area contributed by atoms with Crippen LogP contribution in [-0.2, 0) is 23.9 Å². The Balaban J connectivity index is 1.68. The molecule has 0 amide bonds. The van der Waals surface area contributed by atoms with Gasteiger partial charge in [-0.3, -0.25) is 14.4 Å². The van der Waals surface area contributed by atoms with E-state index in [-0.39, 0.29) is 23.7 Å². The van der Waals surface area contributed by atoms with Crippen molar-refractivity contribution in [2.75, 3.05) is 0 Å². The highest BCUT2D eigenvalue weighted by atomic mass is 16.6. The summed E-state index contributed by atoms with van der Waals surface area (Å²) in [7, 11) is 0. The first-order valence-corrected chi connectivity index (χ1v) is 7.95. The van der Waals surface area contributed by atoms with Gasteiger partial charge in [-0.05, 0) is 50.4 Å². The summed E-state index contributed by atoms with van der Waals surface area (Å²) in [6.45, 7) is 0. The van der Waals surface area contributed by atoms with Crippen molar-refractivity contribution in [1.82, 2.24) is 0 Å². The van der Waals surface area contributed by atoms with Crippen LogP contribution in [0.25, 0.3) is 0 Å². The lowest BCUT2D eigenvalue weighted by Gasteiger charge is -2.39. The van der Waals surface area contributed by atoms with Gasteiger partial charge in [0.25, 0.3) is 0 Å². The quantitative estimate of drug-likeness (QED) is 0.481. The van der Waals surface area contributed by atoms with Crippen molar-refractivity contribution in [3.8, 4) is 0 Å². The highest BCUT2D eigenvalue weighted by Gasteiger charge is 2.49. The van der Waals surface area contributed by atoms with Gasteiger partial charge in [-0.1, -0.05) is 0 Å². The van der Waals surface area contributed by atoms with E-state index in [2.05, 4.69) is 0 Å². The number of carboxylic acid groups (broad SMARTS) is 1. The van der Waals surface area contributed by atoms with E-state index in [0.29, 0.717) is 25.7 Å². The molecule has 0 aromatic heterocycles. The maximum Gasteiger partial charge on any atom is 0.317 e. The van der Waals surface area contributed by atoms with E-state index in [9.17, 15) is 24.3 Å². The molecule has 1 heterocycles. The number of hydrogen-bond acceptors (Lipinski definition) is 5. The average Bonchev–Trinajstić information content (AvgIpc) is 2.81. The third-order valence-electron chi connectivity index (χ3n) is 5.80. The lowest BCUT2D eigenvalue weighted by atomic mass is 9.64. The van der Waals surface area contributed by atoms with Crippen molar-refractivity contribution in [2.24, 2.45) is 35.5 Å². The minimum Gasteiger partial charge on any atom is -0.481 e. The smallest absolute Gasteiger partial charge is 0.317 e. The Bertz CT molecular complexity index is 509. The van der Waals surface area contributed by atoms with Gasteiger partial charge in [0, 0.05) is 5.92 Å². The fourth-order valence-corrected chi connectivity index (χ4v) is 4.53. The number of rotatable bonds is 3. The first-order valence-electron chi connectivity index (χ1n) is 7.95. The van der Waals surface area contributed by atoms with Gasteiger partial charge in [-0.25, -0.2) is 0 Å². The molecule has 3 rings (SSSR count). The molecule has 120 valence electrons. The second-order valence-corrected chi connectivity index (χ2v) is 6.84. The van der Waals surface area contributed by atoms with E-state index in [0.717, 1.165) is 19.1 Å². The SMILES string of the molecule is O=CC1CCC(C2CCC3C(=O)OC(=O)C3C2)CC1C(=O)O. The van der Waals surface area contributed by atoms with Crippen LogP contribution in [0.4, 0.5) is 0 Å². The van der Waals surface area contributed by atoms with Crippen LogP contribution in [0.2, 0.25) is 0 Å². The molecule has 0 aromatic carbocycles. The average molecular weight is 308 g/mol. The van der Waals surface area contributed by atoms with Crippen LogP contribution in [0.3, 0.4) is 0 Å². The predicted octanol–water partition coefficient (Wildman–Crippen LogP) is 1.42. The third-order valence-corrected chi connectivity index (χ3v) is 5.80. The van der Waals surface area contributed by atoms with Crippen molar-refractivity contribution >= 4 is 24.2 Å². The summed E-state index contributed by atoms with van der Waals surface area (Å²) in [6.07, 6.45) is 4.75. The second kappa shape index (κ2) is 5.82. The van der Waals surface area contributed by atoms with Gasteiger partial charge in [0.15, 0.2) is 0 Å². The fourth-order valence-electron chi connectivity index (χ4n) is 4.53. The van der Waals surface area contributed by atoms with Gasteiger partial charge in [0.2, 0.25) is 0 Å². The summed E-state index contributed by atoms with van der Waals surface area (Å²) in [5.41, 5.74) is 0. The van der Waals surface area contributed by atoms with Crippen LogP contribution >= 0.6 is 0 Å². The molecule has 22 heavy (non-hydrogen) atoms. The van der Waals surface area contributed by atoms with Crippen molar-refractivity contribution in [3.05, 3.63) is 0 Å². The molecule has 0 bridgehead atoms. The fraction of sp³-hybridized carbons (Fsp3) is 0.750. The van der Waals surface area contributed by atoms with E-state index < -0.39 is 29.7 Å². The van der Waals surface area contributed by atoms with E-state index in [4.69, 9.17) is 4.74 Å². The van der Waals surface area contributed by atoms with Gasteiger partial charge in [0.05, 0.1) is 17.8 Å². The Hall–Kier alpha value is -1.72. The van der Waals surface area contributed by atoms with Crippen LogP contribution in [0, 0.1) is 35.5 Å². The third kappa shape index (κ3) is 2.55. The van der Waals surface area contributed by atoms with Crippen LogP contribution in [0.5, 0.6) is 0 Å². The molecule has 0 radical (unpaired) electrons. The molecular weight excluding hydrogens is 288 g/mol. The van der Waals surface area contributed by atoms with E-state index in [1.54, 1.807) is 0 Å². The monoisotopic (exact) mass is 308 g/mol. The van der Waals surface area contributed by atoms with Crippen LogP contribution < -0.4 is 0 Å². The molecule has 6 nitrogen and oxygen atoms in total. The Labute approximate surface area is 128 Å². The highest BCUT2D eigenvalue weighted by molar-refractivity contribution is 5.96. The molecule has 2 aliphatic carbocycles. The topological polar surface area (TPSA) is 97.7 Å². The second-order valence-electron chi connectivity index (χ2n) is 6.84. The Morgan fingerprint density at radius 3 is 2.32 bits per heavy atom. The number of aldehydes is 1. The van der Waals surface area contributed by atoms with Gasteiger partial charge in [-0.2, -0.15) is 0 Å². The molecule has 6 atom stereocenters. The van der Waals surface area contributed by atoms with Crippen LogP contribution in [0.15, 0.2) is 0 Å². The maximum atomic E-state index is 11.7. The molecular formula is C16H20O6. The molecule has 2 saturated carbocycles. The minimum absolute atomic E-state index is 0.210. The van der Waals surface area contributed by atoms with Gasteiger partial charge in [-0.15, -0.1) is 0 Å². The van der Waals surface area contributed by atoms with Gasteiger partial charge in [0.1, 0.15) is 6.29 Å². The maximum absolute atomic E-state index is 11.7. The highest BCUT2D eigenvalue weighted by Crippen LogP contribution is 2.47. The van der Waals surface area contributed by atoms with E-state index in [1.807, 2.05) is 0 Å². The molecule has 6 unspecified atom stereocenters. The van der Waals surface area contributed by atoms with Crippen LogP contribution in [0.1, 0.15) is 38.5 Å². The summed E-state index contributed by atoms with van der Waals surface area (Å²) in [6, 6.07) is 0. The zero-order valence-corrected chi connectivity index (χ0v) is 12.3. The van der Waals surface area contributed by atoms with Crippen molar-refractivity contribution in [1.29, 1.82) is 0 Å². The zero-order valence-electron chi connectivity index (χ0n) is 12.3. The number of cyclic esters (lactones) is 2. The van der Waals surface area contributed by atoms with Gasteiger partial charge < -0.3 is 14.6 Å². The minimum atomic E-state index is -0.911. The van der Waals surface area contributed by atoms with Crippen LogP contribution in [-0.4, -0.2) is 29.3 Å². The zero-order chi connectivity index (χ0) is 15.9. The number of carbonyl (C=O) groups is 4. The van der Waals surface area contributed by atoms with Gasteiger partial charge >= 0.3 is 17.9 Å². The molecule has 0 aromatic rings. The molecule has 3 aliphatic rings. The normalized spacial score (nSPS) is 41.6.